The van der Waals surface area contributed by atoms with E-state index in [1.54, 1.807) is 4.90 Å². The van der Waals surface area contributed by atoms with E-state index in [1.165, 1.54) is 12.1 Å². The van der Waals surface area contributed by atoms with Crippen LogP contribution in [0.25, 0.3) is 0 Å². The first-order valence-electron chi connectivity index (χ1n) is 9.18. The monoisotopic (exact) mass is 418 g/mol. The number of hydrogen-bond acceptors (Lipinski definition) is 4. The molecule has 2 aromatic rings. The number of anilines is 2. The van der Waals surface area contributed by atoms with Crippen molar-refractivity contribution in [2.75, 3.05) is 23.4 Å². The Morgan fingerprint density at radius 1 is 1.28 bits per heavy atom. The molecule has 1 heterocycles. The second-order valence-corrected chi connectivity index (χ2v) is 7.10. The molecule has 1 saturated heterocycles. The van der Waals surface area contributed by atoms with Gasteiger partial charge >= 0.3 is 5.97 Å². The van der Waals surface area contributed by atoms with Gasteiger partial charge in [-0.3, -0.25) is 14.4 Å². The molecule has 29 heavy (non-hydrogen) atoms. The molecule has 1 atom stereocenters. The molecule has 0 aliphatic carbocycles. The van der Waals surface area contributed by atoms with Gasteiger partial charge in [-0.05, 0) is 36.2 Å². The van der Waals surface area contributed by atoms with Crippen molar-refractivity contribution in [2.45, 2.75) is 19.8 Å². The Labute approximate surface area is 172 Å². The molecule has 0 radical (unpaired) electrons. The second kappa shape index (κ2) is 9.05. The molecule has 0 aromatic heterocycles. The number of halogens is 2. The highest BCUT2D eigenvalue weighted by molar-refractivity contribution is 6.30. The van der Waals surface area contributed by atoms with Crippen LogP contribution in [0.3, 0.4) is 0 Å². The number of nitrogens with zero attached hydrogens (tertiary/aromatic N) is 1. The van der Waals surface area contributed by atoms with Gasteiger partial charge in [0.15, 0.2) is 6.61 Å². The van der Waals surface area contributed by atoms with Gasteiger partial charge < -0.3 is 15.0 Å². The van der Waals surface area contributed by atoms with Crippen molar-refractivity contribution < 1.29 is 23.5 Å². The van der Waals surface area contributed by atoms with Crippen molar-refractivity contribution in [1.29, 1.82) is 0 Å². The lowest BCUT2D eigenvalue weighted by Gasteiger charge is -2.19. The zero-order valence-corrected chi connectivity index (χ0v) is 16.5. The molecule has 1 aliphatic heterocycles. The van der Waals surface area contributed by atoms with Crippen molar-refractivity contribution in [3.05, 3.63) is 58.9 Å². The lowest BCUT2D eigenvalue weighted by Crippen LogP contribution is -2.28. The van der Waals surface area contributed by atoms with Gasteiger partial charge in [0, 0.05) is 23.7 Å². The molecule has 3 rings (SSSR count). The Kier molecular flexibility index (Phi) is 6.49. The fraction of sp³-hybridized carbons (Fsp3) is 0.286. The lowest BCUT2D eigenvalue weighted by molar-refractivity contribution is -0.151. The van der Waals surface area contributed by atoms with Crippen LogP contribution in [-0.4, -0.2) is 30.9 Å². The molecule has 1 fully saturated rings. The smallest absolute Gasteiger partial charge is 0.311 e. The summed E-state index contributed by atoms with van der Waals surface area (Å²) in [5.74, 6) is -2.82. The van der Waals surface area contributed by atoms with E-state index < -0.39 is 30.2 Å². The fourth-order valence-corrected chi connectivity index (χ4v) is 3.38. The summed E-state index contributed by atoms with van der Waals surface area (Å²) in [7, 11) is 0. The largest absolute Gasteiger partial charge is 0.455 e. The van der Waals surface area contributed by atoms with E-state index in [9.17, 15) is 18.8 Å². The summed E-state index contributed by atoms with van der Waals surface area (Å²) in [6.07, 6.45) is 0.775. The van der Waals surface area contributed by atoms with E-state index in [0.29, 0.717) is 0 Å². The summed E-state index contributed by atoms with van der Waals surface area (Å²) in [5.41, 5.74) is 1.69. The summed E-state index contributed by atoms with van der Waals surface area (Å²) >= 11 is 5.77. The minimum atomic E-state index is -0.697. The maximum atomic E-state index is 13.7. The molecular weight excluding hydrogens is 399 g/mol. The van der Waals surface area contributed by atoms with Gasteiger partial charge in [-0.15, -0.1) is 0 Å². The van der Waals surface area contributed by atoms with Crippen LogP contribution in [0.5, 0.6) is 0 Å². The van der Waals surface area contributed by atoms with Crippen LogP contribution in [0.4, 0.5) is 15.8 Å². The van der Waals surface area contributed by atoms with Crippen molar-refractivity contribution in [1.82, 2.24) is 0 Å². The first kappa shape index (κ1) is 20.8. The standard InChI is InChI=1S/C21H20ClFN2O4/c1-2-13-5-3-4-6-18(13)25-11-14(9-20(25)27)21(28)29-12-19(26)24-17-10-15(22)7-8-16(17)23/h3-8,10,14H,2,9,11-12H2,1H3,(H,24,26)/t14-/m1/s1. The Morgan fingerprint density at radius 2 is 2.03 bits per heavy atom. The molecule has 6 nitrogen and oxygen atoms in total. The summed E-state index contributed by atoms with van der Waals surface area (Å²) in [6, 6.07) is 11.3. The number of benzene rings is 2. The Balaban J connectivity index is 1.57. The summed E-state index contributed by atoms with van der Waals surface area (Å²) in [5, 5.41) is 2.56. The number of aryl methyl sites for hydroxylation is 1. The topological polar surface area (TPSA) is 75.7 Å². The zero-order valence-electron chi connectivity index (χ0n) is 15.8. The highest BCUT2D eigenvalue weighted by Crippen LogP contribution is 2.29. The third-order valence-electron chi connectivity index (χ3n) is 4.67. The van der Waals surface area contributed by atoms with Gasteiger partial charge in [0.25, 0.3) is 5.91 Å². The number of hydrogen-bond donors (Lipinski definition) is 1. The van der Waals surface area contributed by atoms with Crippen molar-refractivity contribution in [3.8, 4) is 0 Å². The van der Waals surface area contributed by atoms with Crippen LogP contribution < -0.4 is 10.2 Å². The van der Waals surface area contributed by atoms with Gasteiger partial charge in [0.05, 0.1) is 11.6 Å². The van der Waals surface area contributed by atoms with Crippen LogP contribution in [0.2, 0.25) is 5.02 Å². The molecule has 1 N–H and O–H groups in total. The van der Waals surface area contributed by atoms with Gasteiger partial charge in [-0.25, -0.2) is 4.39 Å². The molecule has 0 saturated carbocycles. The second-order valence-electron chi connectivity index (χ2n) is 6.67. The van der Waals surface area contributed by atoms with Gasteiger partial charge in [-0.2, -0.15) is 0 Å². The van der Waals surface area contributed by atoms with Gasteiger partial charge in [-0.1, -0.05) is 36.7 Å². The lowest BCUT2D eigenvalue weighted by atomic mass is 10.1. The van der Waals surface area contributed by atoms with Crippen LogP contribution in [-0.2, 0) is 25.5 Å². The van der Waals surface area contributed by atoms with Crippen LogP contribution in [0, 0.1) is 11.7 Å². The predicted molar refractivity (Wildman–Crippen MR) is 107 cm³/mol. The minimum Gasteiger partial charge on any atom is -0.455 e. The quantitative estimate of drug-likeness (QED) is 0.727. The van der Waals surface area contributed by atoms with Crippen LogP contribution in [0.1, 0.15) is 18.9 Å². The third-order valence-corrected chi connectivity index (χ3v) is 4.90. The van der Waals surface area contributed by atoms with E-state index in [-0.39, 0.29) is 29.6 Å². The van der Waals surface area contributed by atoms with E-state index in [4.69, 9.17) is 16.3 Å². The highest BCUT2D eigenvalue weighted by Gasteiger charge is 2.37. The maximum Gasteiger partial charge on any atom is 0.311 e. The van der Waals surface area contributed by atoms with Crippen LogP contribution >= 0.6 is 11.6 Å². The number of nitrogens with one attached hydrogen (secondary N) is 1. The number of rotatable bonds is 6. The Morgan fingerprint density at radius 3 is 2.79 bits per heavy atom. The average Bonchev–Trinajstić information content (AvgIpc) is 3.10. The SMILES string of the molecule is CCc1ccccc1N1C[C@H](C(=O)OCC(=O)Nc2cc(Cl)ccc2F)CC1=O. The molecular formula is C21H20ClFN2O4. The highest BCUT2D eigenvalue weighted by atomic mass is 35.5. The van der Waals surface area contributed by atoms with E-state index in [0.717, 1.165) is 23.7 Å². The molecule has 0 bridgehead atoms. The predicted octanol–water partition coefficient (Wildman–Crippen LogP) is 3.58. The third kappa shape index (κ3) is 4.92. The van der Waals surface area contributed by atoms with E-state index in [1.807, 2.05) is 31.2 Å². The molecule has 0 spiro atoms. The van der Waals surface area contributed by atoms with Crippen molar-refractivity contribution in [2.24, 2.45) is 5.92 Å². The Bertz CT molecular complexity index is 950. The van der Waals surface area contributed by atoms with Crippen molar-refractivity contribution >= 4 is 40.8 Å². The van der Waals surface area contributed by atoms with Crippen LogP contribution in [0.15, 0.2) is 42.5 Å². The summed E-state index contributed by atoms with van der Waals surface area (Å²) in [6.45, 7) is 1.60. The molecule has 2 amide bonds. The molecule has 1 aliphatic rings. The first-order chi connectivity index (χ1) is 13.9. The molecule has 152 valence electrons. The average molecular weight is 419 g/mol. The van der Waals surface area contributed by atoms with E-state index >= 15 is 0 Å². The number of ether oxygens (including phenoxy) is 1. The normalized spacial score (nSPS) is 16.0. The van der Waals surface area contributed by atoms with E-state index in [2.05, 4.69) is 5.32 Å². The number of esters is 1. The Hall–Kier alpha value is -2.93. The number of para-hydroxylation sites is 1. The number of amides is 2. The molecule has 2 aromatic carbocycles. The number of carbonyl (C=O) groups excluding carboxylic acids is 3. The zero-order chi connectivity index (χ0) is 21.0. The molecule has 0 unspecified atom stereocenters. The van der Waals surface area contributed by atoms with Gasteiger partial charge in [0.2, 0.25) is 5.91 Å². The summed E-state index contributed by atoms with van der Waals surface area (Å²) < 4.78 is 18.7. The van der Waals surface area contributed by atoms with Crippen molar-refractivity contribution in [3.63, 3.8) is 0 Å². The fourth-order valence-electron chi connectivity index (χ4n) is 3.21. The minimum absolute atomic E-state index is 0.0153. The molecule has 8 heteroatoms. The van der Waals surface area contributed by atoms with Gasteiger partial charge in [0.1, 0.15) is 5.82 Å². The summed E-state index contributed by atoms with van der Waals surface area (Å²) in [4.78, 5) is 38.2. The number of carbonyl (C=O) groups is 3. The first-order valence-corrected chi connectivity index (χ1v) is 9.56. The maximum absolute atomic E-state index is 13.7.